The minimum atomic E-state index is -0.745. The summed E-state index contributed by atoms with van der Waals surface area (Å²) in [6.45, 7) is 2.27. The zero-order valence-electron chi connectivity index (χ0n) is 14.5. The first-order chi connectivity index (χ1) is 12.5. The van der Waals surface area contributed by atoms with Crippen molar-refractivity contribution in [2.24, 2.45) is 5.92 Å². The van der Waals surface area contributed by atoms with Crippen molar-refractivity contribution in [1.29, 1.82) is 0 Å². The molecule has 6 nitrogen and oxygen atoms in total. The van der Waals surface area contributed by atoms with Crippen LogP contribution in [-0.4, -0.2) is 45.5 Å². The standard InChI is InChI=1S/C19H21N3O3S/c1-11-2-4-12(5-3-11)15-10-26-19(20-15)21-17(23)9-22-13-6-7-16(22)14(8-13)18(24)25/h2-5,10,13-14,16H,6-9H2,1H3,(H,24,25)(H,20,21,23). The minimum Gasteiger partial charge on any atom is -0.481 e. The molecule has 4 rings (SSSR count). The molecular weight excluding hydrogens is 350 g/mol. The van der Waals surface area contributed by atoms with Gasteiger partial charge in [-0.15, -0.1) is 11.3 Å². The Hall–Kier alpha value is -2.25. The first-order valence-corrected chi connectivity index (χ1v) is 9.70. The Morgan fingerprint density at radius 2 is 2.08 bits per heavy atom. The van der Waals surface area contributed by atoms with Gasteiger partial charge in [0, 0.05) is 23.0 Å². The van der Waals surface area contributed by atoms with Gasteiger partial charge in [0.1, 0.15) is 0 Å². The molecule has 7 heteroatoms. The lowest BCUT2D eigenvalue weighted by Gasteiger charge is -2.21. The Bertz CT molecular complexity index is 833. The summed E-state index contributed by atoms with van der Waals surface area (Å²) in [6, 6.07) is 8.31. The average Bonchev–Trinajstić information content (AvgIpc) is 3.31. The van der Waals surface area contributed by atoms with Crippen molar-refractivity contribution in [3.05, 3.63) is 35.2 Å². The summed E-state index contributed by atoms with van der Waals surface area (Å²) < 4.78 is 0. The van der Waals surface area contributed by atoms with Gasteiger partial charge in [-0.25, -0.2) is 4.98 Å². The first kappa shape index (κ1) is 17.2. The highest BCUT2D eigenvalue weighted by molar-refractivity contribution is 7.14. The van der Waals surface area contributed by atoms with E-state index in [1.165, 1.54) is 16.9 Å². The number of anilines is 1. The number of aryl methyl sites for hydroxylation is 1. The molecule has 2 aromatic rings. The molecule has 0 spiro atoms. The quantitative estimate of drug-likeness (QED) is 0.844. The lowest BCUT2D eigenvalue weighted by Crippen LogP contribution is -2.38. The van der Waals surface area contributed by atoms with Crippen LogP contribution < -0.4 is 5.32 Å². The second kappa shape index (κ2) is 6.81. The number of carbonyl (C=O) groups is 2. The third kappa shape index (κ3) is 3.24. The van der Waals surface area contributed by atoms with Gasteiger partial charge in [0.2, 0.25) is 5.91 Å². The van der Waals surface area contributed by atoms with Crippen LogP contribution in [0.3, 0.4) is 0 Å². The molecule has 1 amide bonds. The number of hydrogen-bond acceptors (Lipinski definition) is 5. The van der Waals surface area contributed by atoms with E-state index in [0.29, 0.717) is 11.6 Å². The molecule has 0 saturated carbocycles. The number of carboxylic acids is 1. The number of amides is 1. The maximum atomic E-state index is 12.4. The van der Waals surface area contributed by atoms with Gasteiger partial charge < -0.3 is 10.4 Å². The molecule has 26 heavy (non-hydrogen) atoms. The largest absolute Gasteiger partial charge is 0.481 e. The number of aliphatic carboxylic acids is 1. The summed E-state index contributed by atoms with van der Waals surface area (Å²) in [6.07, 6.45) is 2.50. The van der Waals surface area contributed by atoms with Gasteiger partial charge in [-0.2, -0.15) is 0 Å². The number of hydrogen-bond donors (Lipinski definition) is 2. The fourth-order valence-electron chi connectivity index (χ4n) is 4.13. The monoisotopic (exact) mass is 371 g/mol. The van der Waals surface area contributed by atoms with Crippen molar-refractivity contribution in [3.8, 4) is 11.3 Å². The smallest absolute Gasteiger partial charge is 0.308 e. The zero-order valence-corrected chi connectivity index (χ0v) is 15.3. The van der Waals surface area contributed by atoms with E-state index in [9.17, 15) is 14.7 Å². The van der Waals surface area contributed by atoms with E-state index in [2.05, 4.69) is 15.2 Å². The molecule has 3 atom stereocenters. The number of rotatable bonds is 5. The van der Waals surface area contributed by atoms with Crippen LogP contribution in [0.2, 0.25) is 0 Å². The van der Waals surface area contributed by atoms with Crippen LogP contribution in [0.25, 0.3) is 11.3 Å². The molecular formula is C19H21N3O3S. The van der Waals surface area contributed by atoms with Crippen LogP contribution in [0.1, 0.15) is 24.8 Å². The third-order valence-electron chi connectivity index (χ3n) is 5.42. The molecule has 3 unspecified atom stereocenters. The van der Waals surface area contributed by atoms with Crippen LogP contribution in [0.4, 0.5) is 5.13 Å². The van der Waals surface area contributed by atoms with Gasteiger partial charge in [0.15, 0.2) is 5.13 Å². The van der Waals surface area contributed by atoms with Crippen LogP contribution in [-0.2, 0) is 9.59 Å². The number of nitrogens with zero attached hydrogens (tertiary/aromatic N) is 2. The molecule has 2 fully saturated rings. The van der Waals surface area contributed by atoms with Crippen LogP contribution in [0.15, 0.2) is 29.6 Å². The fraction of sp³-hybridized carbons (Fsp3) is 0.421. The summed E-state index contributed by atoms with van der Waals surface area (Å²) in [5, 5.41) is 14.7. The Labute approximate surface area is 155 Å². The second-order valence-electron chi connectivity index (χ2n) is 7.10. The van der Waals surface area contributed by atoms with Crippen molar-refractivity contribution in [2.45, 2.75) is 38.3 Å². The summed E-state index contributed by atoms with van der Waals surface area (Å²) in [5.74, 6) is -1.21. The highest BCUT2D eigenvalue weighted by Gasteiger charge is 2.49. The van der Waals surface area contributed by atoms with Crippen molar-refractivity contribution in [2.75, 3.05) is 11.9 Å². The van der Waals surface area contributed by atoms with Gasteiger partial charge in [0.25, 0.3) is 0 Å². The molecule has 2 aliphatic rings. The average molecular weight is 371 g/mol. The number of carbonyl (C=O) groups excluding carboxylic acids is 1. The van der Waals surface area contributed by atoms with Crippen molar-refractivity contribution < 1.29 is 14.7 Å². The minimum absolute atomic E-state index is 0.0114. The molecule has 1 aromatic carbocycles. The number of fused-ring (bicyclic) bond motifs is 2. The van der Waals surface area contributed by atoms with E-state index in [1.54, 1.807) is 0 Å². The van der Waals surface area contributed by atoms with E-state index in [0.717, 1.165) is 24.1 Å². The summed E-state index contributed by atoms with van der Waals surface area (Å²) in [4.78, 5) is 30.3. The van der Waals surface area contributed by atoms with Crippen molar-refractivity contribution in [1.82, 2.24) is 9.88 Å². The van der Waals surface area contributed by atoms with E-state index >= 15 is 0 Å². The molecule has 0 aliphatic carbocycles. The van der Waals surface area contributed by atoms with Crippen LogP contribution >= 0.6 is 11.3 Å². The molecule has 0 radical (unpaired) electrons. The van der Waals surface area contributed by atoms with E-state index in [1.807, 2.05) is 36.6 Å². The van der Waals surface area contributed by atoms with Crippen molar-refractivity contribution >= 4 is 28.3 Å². The van der Waals surface area contributed by atoms with E-state index in [4.69, 9.17) is 0 Å². The highest BCUT2D eigenvalue weighted by Crippen LogP contribution is 2.41. The van der Waals surface area contributed by atoms with Gasteiger partial charge in [-0.1, -0.05) is 29.8 Å². The van der Waals surface area contributed by atoms with Gasteiger partial charge >= 0.3 is 5.97 Å². The summed E-state index contributed by atoms with van der Waals surface area (Å²) in [5.41, 5.74) is 3.06. The summed E-state index contributed by atoms with van der Waals surface area (Å²) >= 11 is 1.40. The van der Waals surface area contributed by atoms with Crippen molar-refractivity contribution in [3.63, 3.8) is 0 Å². The molecule has 136 valence electrons. The van der Waals surface area contributed by atoms with E-state index < -0.39 is 5.97 Å². The number of nitrogens with one attached hydrogen (secondary N) is 1. The fourth-order valence-corrected chi connectivity index (χ4v) is 4.86. The Morgan fingerprint density at radius 3 is 2.77 bits per heavy atom. The Balaban J connectivity index is 1.39. The molecule has 2 aliphatic heterocycles. The Kier molecular flexibility index (Phi) is 4.50. The SMILES string of the molecule is Cc1ccc(-c2csc(NC(=O)CN3C4CCC3C(C(=O)O)C4)n2)cc1. The number of aromatic nitrogens is 1. The molecule has 1 aromatic heterocycles. The zero-order chi connectivity index (χ0) is 18.3. The third-order valence-corrected chi connectivity index (χ3v) is 6.18. The maximum absolute atomic E-state index is 12.4. The van der Waals surface area contributed by atoms with Gasteiger partial charge in [-0.05, 0) is 26.2 Å². The lowest BCUT2D eigenvalue weighted by molar-refractivity contribution is -0.142. The molecule has 2 N–H and O–H groups in total. The van der Waals surface area contributed by atoms with Gasteiger partial charge in [0.05, 0.1) is 18.2 Å². The normalized spacial score (nSPS) is 24.7. The topological polar surface area (TPSA) is 82.5 Å². The predicted molar refractivity (Wildman–Crippen MR) is 100 cm³/mol. The number of thiazole rings is 1. The van der Waals surface area contributed by atoms with Gasteiger partial charge in [-0.3, -0.25) is 14.5 Å². The predicted octanol–water partition coefficient (Wildman–Crippen LogP) is 2.99. The molecule has 3 heterocycles. The number of benzene rings is 1. The molecule has 2 saturated heterocycles. The number of carboxylic acid groups (broad SMARTS) is 1. The second-order valence-corrected chi connectivity index (χ2v) is 7.96. The molecule has 2 bridgehead atoms. The van der Waals surface area contributed by atoms with Crippen LogP contribution in [0, 0.1) is 12.8 Å². The summed E-state index contributed by atoms with van der Waals surface area (Å²) in [7, 11) is 0. The Morgan fingerprint density at radius 1 is 1.31 bits per heavy atom. The van der Waals surface area contributed by atoms with E-state index in [-0.39, 0.29) is 30.5 Å². The highest BCUT2D eigenvalue weighted by atomic mass is 32.1. The maximum Gasteiger partial charge on any atom is 0.308 e. The van der Waals surface area contributed by atoms with Crippen LogP contribution in [0.5, 0.6) is 0 Å². The lowest BCUT2D eigenvalue weighted by atomic mass is 9.89. The first-order valence-electron chi connectivity index (χ1n) is 8.82.